The van der Waals surface area contributed by atoms with Gasteiger partial charge in [-0.2, -0.15) is 0 Å². The Balaban J connectivity index is 1.50. The maximum absolute atomic E-state index is 12.3. The monoisotopic (exact) mass is 539 g/mol. The normalized spacial score (nSPS) is 15.3. The van der Waals surface area contributed by atoms with Crippen molar-refractivity contribution in [3.8, 4) is 0 Å². The number of benzene rings is 1. The van der Waals surface area contributed by atoms with E-state index in [1.165, 1.54) is 96.1 Å². The number of esters is 1. The SMILES string of the molecule is CCCCCCCCCCCCCCCCCCOC(=O)c1ccc(N=CC2=C(O)CC(C)(C)CC2=O)cc1. The number of carbonyl (C=O) groups excluding carboxylic acids is 2. The molecule has 0 aliphatic heterocycles. The zero-order valence-electron chi connectivity index (χ0n) is 24.9. The number of ketones is 1. The Morgan fingerprint density at radius 2 is 1.31 bits per heavy atom. The highest BCUT2D eigenvalue weighted by molar-refractivity contribution is 6.14. The molecule has 1 aliphatic rings. The number of Topliss-reactive ketones (excluding diaryl/α,β-unsaturated/α-hetero) is 1. The molecule has 0 radical (unpaired) electrons. The van der Waals surface area contributed by atoms with Gasteiger partial charge in [0.2, 0.25) is 0 Å². The lowest BCUT2D eigenvalue weighted by atomic mass is 9.77. The van der Waals surface area contributed by atoms with E-state index in [-0.39, 0.29) is 28.5 Å². The zero-order chi connectivity index (χ0) is 28.3. The first-order valence-corrected chi connectivity index (χ1v) is 15.6. The minimum Gasteiger partial charge on any atom is -0.511 e. The molecule has 0 fully saturated rings. The number of aliphatic hydroxyl groups excluding tert-OH is 1. The Morgan fingerprint density at radius 1 is 0.821 bits per heavy atom. The van der Waals surface area contributed by atoms with Crippen LogP contribution in [0.3, 0.4) is 0 Å². The van der Waals surface area contributed by atoms with Gasteiger partial charge in [-0.1, -0.05) is 117 Å². The first-order valence-electron chi connectivity index (χ1n) is 15.6. The van der Waals surface area contributed by atoms with E-state index in [0.717, 1.165) is 12.8 Å². The fourth-order valence-corrected chi connectivity index (χ4v) is 5.17. The van der Waals surface area contributed by atoms with Crippen LogP contribution >= 0.6 is 0 Å². The van der Waals surface area contributed by atoms with Crippen molar-refractivity contribution in [3.63, 3.8) is 0 Å². The van der Waals surface area contributed by atoms with Crippen molar-refractivity contribution in [3.05, 3.63) is 41.2 Å². The fraction of sp³-hybridized carbons (Fsp3) is 0.676. The number of rotatable bonds is 20. The first-order chi connectivity index (χ1) is 18.8. The Hall–Kier alpha value is -2.43. The van der Waals surface area contributed by atoms with Crippen molar-refractivity contribution < 1.29 is 19.4 Å². The first kappa shape index (κ1) is 32.8. The van der Waals surface area contributed by atoms with Gasteiger partial charge in [0.25, 0.3) is 0 Å². The number of hydrogen-bond donors (Lipinski definition) is 1. The summed E-state index contributed by atoms with van der Waals surface area (Å²) in [6.45, 7) is 6.65. The second-order valence-electron chi connectivity index (χ2n) is 12.0. The Morgan fingerprint density at radius 3 is 1.79 bits per heavy atom. The standard InChI is InChI=1S/C34H53NO4/c1-4-5-6-7-8-9-10-11-12-13-14-15-16-17-18-19-24-39-33(38)28-20-22-29(23-21-28)35-27-30-31(36)25-34(2,3)26-32(30)37/h20-23,27,36H,4-19,24-26H2,1-3H3. The number of aliphatic hydroxyl groups is 1. The number of aliphatic imine (C=N–C) groups is 1. The third-order valence-electron chi connectivity index (χ3n) is 7.57. The van der Waals surface area contributed by atoms with E-state index < -0.39 is 0 Å². The van der Waals surface area contributed by atoms with Gasteiger partial charge in [0.1, 0.15) is 5.76 Å². The maximum Gasteiger partial charge on any atom is 0.338 e. The van der Waals surface area contributed by atoms with Gasteiger partial charge in [-0.15, -0.1) is 0 Å². The molecular formula is C34H53NO4. The van der Waals surface area contributed by atoms with Gasteiger partial charge in [0.05, 0.1) is 23.4 Å². The molecule has 218 valence electrons. The fourth-order valence-electron chi connectivity index (χ4n) is 5.17. The van der Waals surface area contributed by atoms with E-state index in [9.17, 15) is 14.7 Å². The summed E-state index contributed by atoms with van der Waals surface area (Å²) in [6, 6.07) is 6.80. The predicted molar refractivity (Wildman–Crippen MR) is 162 cm³/mol. The number of ether oxygens (including phenoxy) is 1. The number of carbonyl (C=O) groups is 2. The molecule has 0 bridgehead atoms. The molecule has 1 N–H and O–H groups in total. The van der Waals surface area contributed by atoms with E-state index >= 15 is 0 Å². The van der Waals surface area contributed by atoms with Gasteiger partial charge in [-0.25, -0.2) is 4.79 Å². The van der Waals surface area contributed by atoms with Crippen molar-refractivity contribution >= 4 is 23.7 Å². The summed E-state index contributed by atoms with van der Waals surface area (Å²) < 4.78 is 5.43. The molecule has 0 saturated carbocycles. The molecule has 0 aromatic heterocycles. The molecule has 39 heavy (non-hydrogen) atoms. The molecule has 0 unspecified atom stereocenters. The van der Waals surface area contributed by atoms with Crippen molar-refractivity contribution in [2.45, 2.75) is 136 Å². The van der Waals surface area contributed by atoms with Gasteiger partial charge >= 0.3 is 5.97 Å². The minimum absolute atomic E-state index is 0.0919. The van der Waals surface area contributed by atoms with Crippen LogP contribution in [0.15, 0.2) is 40.6 Å². The second-order valence-corrected chi connectivity index (χ2v) is 12.0. The molecule has 0 heterocycles. The van der Waals surface area contributed by atoms with E-state index in [0.29, 0.717) is 30.7 Å². The highest BCUT2D eigenvalue weighted by Crippen LogP contribution is 2.35. The molecule has 2 rings (SSSR count). The highest BCUT2D eigenvalue weighted by Gasteiger charge is 2.32. The number of unbranched alkanes of at least 4 members (excludes halogenated alkanes) is 15. The quantitative estimate of drug-likeness (QED) is 0.102. The average Bonchev–Trinajstić information content (AvgIpc) is 2.89. The minimum atomic E-state index is -0.323. The largest absolute Gasteiger partial charge is 0.511 e. The lowest BCUT2D eigenvalue weighted by molar-refractivity contribution is -0.117. The summed E-state index contributed by atoms with van der Waals surface area (Å²) in [5.74, 6) is -0.326. The highest BCUT2D eigenvalue weighted by atomic mass is 16.5. The summed E-state index contributed by atoms with van der Waals surface area (Å²) in [5.41, 5.74) is 1.15. The number of allylic oxidation sites excluding steroid dienone is 2. The van der Waals surface area contributed by atoms with Gasteiger partial charge < -0.3 is 9.84 Å². The molecule has 0 atom stereocenters. The summed E-state index contributed by atoms with van der Waals surface area (Å²) in [4.78, 5) is 28.9. The van der Waals surface area contributed by atoms with E-state index in [4.69, 9.17) is 4.74 Å². The number of hydrogen-bond acceptors (Lipinski definition) is 5. The Labute approximate surface area is 237 Å². The summed E-state index contributed by atoms with van der Waals surface area (Å²) in [7, 11) is 0. The smallest absolute Gasteiger partial charge is 0.338 e. The van der Waals surface area contributed by atoms with Gasteiger partial charge in [0.15, 0.2) is 5.78 Å². The maximum atomic E-state index is 12.3. The van der Waals surface area contributed by atoms with Crippen LogP contribution in [0.2, 0.25) is 0 Å². The molecule has 5 nitrogen and oxygen atoms in total. The molecule has 0 amide bonds. The van der Waals surface area contributed by atoms with E-state index in [1.54, 1.807) is 24.3 Å². The topological polar surface area (TPSA) is 76.0 Å². The van der Waals surface area contributed by atoms with Crippen LogP contribution in [0.5, 0.6) is 0 Å². The van der Waals surface area contributed by atoms with Gasteiger partial charge in [-0.3, -0.25) is 9.79 Å². The Kier molecular flexibility index (Phi) is 15.8. The lowest BCUT2D eigenvalue weighted by Gasteiger charge is -2.28. The van der Waals surface area contributed by atoms with E-state index in [2.05, 4.69) is 11.9 Å². The van der Waals surface area contributed by atoms with Crippen molar-refractivity contribution in [1.82, 2.24) is 0 Å². The molecular weight excluding hydrogens is 486 g/mol. The van der Waals surface area contributed by atoms with Crippen LogP contribution in [0, 0.1) is 5.41 Å². The van der Waals surface area contributed by atoms with Crippen LogP contribution < -0.4 is 0 Å². The lowest BCUT2D eigenvalue weighted by Crippen LogP contribution is -2.26. The predicted octanol–water partition coefficient (Wildman–Crippen LogP) is 10.0. The summed E-state index contributed by atoms with van der Waals surface area (Å²) in [5, 5.41) is 10.2. The van der Waals surface area contributed by atoms with Crippen LogP contribution in [-0.2, 0) is 9.53 Å². The second kappa shape index (κ2) is 18.8. The van der Waals surface area contributed by atoms with Crippen molar-refractivity contribution in [2.24, 2.45) is 10.4 Å². The van der Waals surface area contributed by atoms with Crippen LogP contribution in [0.4, 0.5) is 5.69 Å². The van der Waals surface area contributed by atoms with Crippen molar-refractivity contribution in [2.75, 3.05) is 6.61 Å². The molecule has 1 aliphatic carbocycles. The average molecular weight is 540 g/mol. The third-order valence-corrected chi connectivity index (χ3v) is 7.57. The molecule has 0 saturated heterocycles. The zero-order valence-corrected chi connectivity index (χ0v) is 24.9. The van der Waals surface area contributed by atoms with Gasteiger partial charge in [-0.05, 0) is 36.1 Å². The Bertz CT molecular complexity index is 914. The van der Waals surface area contributed by atoms with E-state index in [1.807, 2.05) is 13.8 Å². The van der Waals surface area contributed by atoms with Crippen LogP contribution in [0.1, 0.15) is 147 Å². The van der Waals surface area contributed by atoms with Gasteiger partial charge in [0, 0.05) is 19.1 Å². The van der Waals surface area contributed by atoms with Crippen molar-refractivity contribution in [1.29, 1.82) is 0 Å². The number of nitrogens with zero attached hydrogens (tertiary/aromatic N) is 1. The summed E-state index contributed by atoms with van der Waals surface area (Å²) in [6.07, 6.45) is 23.4. The van der Waals surface area contributed by atoms with Crippen LogP contribution in [0.25, 0.3) is 0 Å². The van der Waals surface area contributed by atoms with Crippen LogP contribution in [-0.4, -0.2) is 29.7 Å². The molecule has 1 aromatic carbocycles. The molecule has 1 aromatic rings. The molecule has 0 spiro atoms. The molecule has 5 heteroatoms. The third kappa shape index (κ3) is 14.0. The summed E-state index contributed by atoms with van der Waals surface area (Å²) >= 11 is 0.